The molecule has 0 atom stereocenters. The first-order valence-electron chi connectivity index (χ1n) is 5.90. The van der Waals surface area contributed by atoms with Crippen molar-refractivity contribution in [2.45, 2.75) is 31.4 Å². The molecule has 0 aromatic heterocycles. The molecular formula is C12H15ClF3NO2S. The SMILES string of the molecule is O=S(=O)(CCCC(F)(F)F)NCc1ccc(CCl)cc1. The zero-order valence-electron chi connectivity index (χ0n) is 10.6. The molecule has 114 valence electrons. The zero-order chi connectivity index (χ0) is 15.2. The van der Waals surface area contributed by atoms with Crippen molar-refractivity contribution in [2.75, 3.05) is 5.75 Å². The molecule has 0 aliphatic heterocycles. The summed E-state index contributed by atoms with van der Waals surface area (Å²) in [6.07, 6.45) is -5.87. The predicted octanol–water partition coefficient (Wildman–Crippen LogP) is 3.19. The van der Waals surface area contributed by atoms with Crippen molar-refractivity contribution in [3.05, 3.63) is 35.4 Å². The maximum atomic E-state index is 11.9. The van der Waals surface area contributed by atoms with Crippen LogP contribution in [0.2, 0.25) is 0 Å². The van der Waals surface area contributed by atoms with E-state index in [1.807, 2.05) is 0 Å². The van der Waals surface area contributed by atoms with E-state index in [1.54, 1.807) is 24.3 Å². The molecule has 0 amide bonds. The Balaban J connectivity index is 2.42. The van der Waals surface area contributed by atoms with Crippen LogP contribution in [0.25, 0.3) is 0 Å². The first-order chi connectivity index (χ1) is 9.22. The van der Waals surface area contributed by atoms with E-state index in [0.717, 1.165) is 11.1 Å². The Morgan fingerprint density at radius 3 is 2.15 bits per heavy atom. The Morgan fingerprint density at radius 2 is 1.65 bits per heavy atom. The van der Waals surface area contributed by atoms with Gasteiger partial charge < -0.3 is 0 Å². The smallest absolute Gasteiger partial charge is 0.212 e. The highest BCUT2D eigenvalue weighted by Gasteiger charge is 2.27. The molecule has 0 spiro atoms. The van der Waals surface area contributed by atoms with Crippen molar-refractivity contribution >= 4 is 21.6 Å². The van der Waals surface area contributed by atoms with E-state index in [2.05, 4.69) is 4.72 Å². The molecule has 0 radical (unpaired) electrons. The average Bonchev–Trinajstić information content (AvgIpc) is 2.35. The summed E-state index contributed by atoms with van der Waals surface area (Å²) < 4.78 is 61.1. The van der Waals surface area contributed by atoms with Gasteiger partial charge in [-0.3, -0.25) is 0 Å². The lowest BCUT2D eigenvalue weighted by molar-refractivity contribution is -0.134. The summed E-state index contributed by atoms with van der Waals surface area (Å²) in [5.74, 6) is -0.171. The van der Waals surface area contributed by atoms with E-state index in [-0.39, 0.29) is 6.54 Å². The van der Waals surface area contributed by atoms with Crippen LogP contribution in [0.3, 0.4) is 0 Å². The summed E-state index contributed by atoms with van der Waals surface area (Å²) in [7, 11) is -3.69. The minimum Gasteiger partial charge on any atom is -0.212 e. The van der Waals surface area contributed by atoms with Crippen LogP contribution in [0.4, 0.5) is 13.2 Å². The van der Waals surface area contributed by atoms with Gasteiger partial charge in [-0.05, 0) is 17.5 Å². The average molecular weight is 330 g/mol. The van der Waals surface area contributed by atoms with Gasteiger partial charge in [0.05, 0.1) is 5.75 Å². The van der Waals surface area contributed by atoms with Crippen molar-refractivity contribution < 1.29 is 21.6 Å². The Morgan fingerprint density at radius 1 is 1.10 bits per heavy atom. The summed E-state index contributed by atoms with van der Waals surface area (Å²) in [6, 6.07) is 6.96. The van der Waals surface area contributed by atoms with Crippen LogP contribution in [0.5, 0.6) is 0 Å². The first kappa shape index (κ1) is 17.3. The lowest BCUT2D eigenvalue weighted by Crippen LogP contribution is -2.26. The zero-order valence-corrected chi connectivity index (χ0v) is 12.2. The Hall–Kier alpha value is -0.790. The number of halogens is 4. The lowest BCUT2D eigenvalue weighted by Gasteiger charge is -2.08. The number of rotatable bonds is 7. The van der Waals surface area contributed by atoms with E-state index in [9.17, 15) is 21.6 Å². The van der Waals surface area contributed by atoms with Crippen molar-refractivity contribution in [3.8, 4) is 0 Å². The molecule has 3 nitrogen and oxygen atoms in total. The number of nitrogens with one attached hydrogen (secondary N) is 1. The van der Waals surface area contributed by atoms with E-state index < -0.39 is 34.8 Å². The van der Waals surface area contributed by atoms with Crippen LogP contribution in [-0.4, -0.2) is 20.3 Å². The number of hydrogen-bond donors (Lipinski definition) is 1. The standard InChI is InChI=1S/C12H15ClF3NO2S/c13-8-10-2-4-11(5-3-10)9-17-20(18,19)7-1-6-12(14,15)16/h2-5,17H,1,6-9H2. The van der Waals surface area contributed by atoms with Gasteiger partial charge in [0.25, 0.3) is 0 Å². The molecule has 8 heteroatoms. The second-order valence-electron chi connectivity index (χ2n) is 4.31. The van der Waals surface area contributed by atoms with Gasteiger partial charge in [0.2, 0.25) is 10.0 Å². The van der Waals surface area contributed by atoms with Crippen LogP contribution in [0, 0.1) is 0 Å². The molecule has 0 aliphatic rings. The highest BCUT2D eigenvalue weighted by Crippen LogP contribution is 2.21. The normalized spacial score (nSPS) is 12.6. The van der Waals surface area contributed by atoms with E-state index in [4.69, 9.17) is 11.6 Å². The van der Waals surface area contributed by atoms with Gasteiger partial charge >= 0.3 is 6.18 Å². The molecule has 1 aromatic rings. The number of hydrogen-bond acceptors (Lipinski definition) is 2. The summed E-state index contributed by atoms with van der Waals surface area (Å²) in [5, 5.41) is 0. The number of benzene rings is 1. The molecule has 20 heavy (non-hydrogen) atoms. The maximum Gasteiger partial charge on any atom is 0.389 e. The second-order valence-corrected chi connectivity index (χ2v) is 6.50. The van der Waals surface area contributed by atoms with Gasteiger partial charge in [0, 0.05) is 18.8 Å². The third-order valence-corrected chi connectivity index (χ3v) is 4.27. The molecule has 0 saturated carbocycles. The summed E-state index contributed by atoms with van der Waals surface area (Å²) in [6.45, 7) is 0.0525. The van der Waals surface area contributed by atoms with Crippen LogP contribution >= 0.6 is 11.6 Å². The number of alkyl halides is 4. The molecule has 0 aliphatic carbocycles. The van der Waals surface area contributed by atoms with Crippen LogP contribution in [-0.2, 0) is 22.4 Å². The largest absolute Gasteiger partial charge is 0.389 e. The highest BCUT2D eigenvalue weighted by atomic mass is 35.5. The Labute approximate surface area is 121 Å². The molecule has 0 saturated heterocycles. The number of sulfonamides is 1. The van der Waals surface area contributed by atoms with Gasteiger partial charge in [-0.25, -0.2) is 13.1 Å². The summed E-state index contributed by atoms with van der Waals surface area (Å²) in [4.78, 5) is 0. The van der Waals surface area contributed by atoms with E-state index >= 15 is 0 Å². The topological polar surface area (TPSA) is 46.2 Å². The third-order valence-electron chi connectivity index (χ3n) is 2.55. The van der Waals surface area contributed by atoms with Gasteiger partial charge in [-0.1, -0.05) is 24.3 Å². The van der Waals surface area contributed by atoms with Crippen molar-refractivity contribution in [1.29, 1.82) is 0 Å². The molecule has 1 N–H and O–H groups in total. The fraction of sp³-hybridized carbons (Fsp3) is 0.500. The predicted molar refractivity (Wildman–Crippen MR) is 71.9 cm³/mol. The first-order valence-corrected chi connectivity index (χ1v) is 8.08. The quantitative estimate of drug-likeness (QED) is 0.781. The summed E-state index contributed by atoms with van der Waals surface area (Å²) in [5.41, 5.74) is 1.63. The lowest BCUT2D eigenvalue weighted by atomic mass is 10.1. The maximum absolute atomic E-state index is 11.9. The van der Waals surface area contributed by atoms with Crippen molar-refractivity contribution in [3.63, 3.8) is 0 Å². The minimum absolute atomic E-state index is 0.0525. The molecule has 1 rings (SSSR count). The van der Waals surface area contributed by atoms with E-state index in [1.165, 1.54) is 0 Å². The minimum atomic E-state index is -4.33. The fourth-order valence-corrected chi connectivity index (χ4v) is 2.71. The molecule has 0 bridgehead atoms. The van der Waals surface area contributed by atoms with Crippen LogP contribution in [0.15, 0.2) is 24.3 Å². The fourth-order valence-electron chi connectivity index (χ4n) is 1.47. The van der Waals surface area contributed by atoms with Crippen LogP contribution in [0.1, 0.15) is 24.0 Å². The molecule has 0 unspecified atom stereocenters. The van der Waals surface area contributed by atoms with Gasteiger partial charge in [-0.2, -0.15) is 13.2 Å². The van der Waals surface area contributed by atoms with E-state index in [0.29, 0.717) is 5.88 Å². The van der Waals surface area contributed by atoms with Gasteiger partial charge in [0.15, 0.2) is 0 Å². The third kappa shape index (κ3) is 7.12. The Bertz CT molecular complexity index is 514. The monoisotopic (exact) mass is 329 g/mol. The second kappa shape index (κ2) is 7.28. The molecular weight excluding hydrogens is 315 g/mol. The van der Waals surface area contributed by atoms with Crippen LogP contribution < -0.4 is 4.72 Å². The highest BCUT2D eigenvalue weighted by molar-refractivity contribution is 7.89. The molecule has 0 fully saturated rings. The molecule has 1 aromatic carbocycles. The molecule has 0 heterocycles. The Kier molecular flexibility index (Phi) is 6.29. The van der Waals surface area contributed by atoms with Gasteiger partial charge in [0.1, 0.15) is 0 Å². The van der Waals surface area contributed by atoms with Crippen molar-refractivity contribution in [1.82, 2.24) is 4.72 Å². The van der Waals surface area contributed by atoms with Crippen molar-refractivity contribution in [2.24, 2.45) is 0 Å². The summed E-state index contributed by atoms with van der Waals surface area (Å²) >= 11 is 5.62. The van der Waals surface area contributed by atoms with Gasteiger partial charge in [-0.15, -0.1) is 11.6 Å².